The van der Waals surface area contributed by atoms with Crippen molar-refractivity contribution in [2.45, 2.75) is 12.2 Å². The Bertz CT molecular complexity index is 680. The van der Waals surface area contributed by atoms with Gasteiger partial charge in [-0.3, -0.25) is 4.79 Å². The second-order valence-electron chi connectivity index (χ2n) is 4.74. The average molecular weight is 297 g/mol. The molecule has 0 fully saturated rings. The summed E-state index contributed by atoms with van der Waals surface area (Å²) in [6.07, 6.45) is -2.36. The maximum atomic E-state index is 12.2. The molecule has 2 unspecified atom stereocenters. The fraction of sp³-hybridized carbons (Fsp3) is 0.188. The molecule has 2 rings (SSSR count). The van der Waals surface area contributed by atoms with E-state index < -0.39 is 12.2 Å². The molecule has 0 spiro atoms. The smallest absolute Gasteiger partial charge is 0.193 e. The van der Waals surface area contributed by atoms with Crippen LogP contribution >= 0.6 is 0 Å². The minimum absolute atomic E-state index is 0.115. The minimum Gasteiger partial charge on any atom is -0.390 e. The number of carbonyl (C=O) groups is 1. The number of azide groups is 1. The molecule has 112 valence electrons. The van der Waals surface area contributed by atoms with Crippen molar-refractivity contribution in [2.24, 2.45) is 5.11 Å². The molecule has 6 heteroatoms. The van der Waals surface area contributed by atoms with Gasteiger partial charge in [0.05, 0.1) is 12.6 Å². The Morgan fingerprint density at radius 1 is 1.05 bits per heavy atom. The lowest BCUT2D eigenvalue weighted by atomic mass is 9.99. The molecule has 22 heavy (non-hydrogen) atoms. The number of aliphatic hydroxyl groups excluding tert-OH is 2. The first-order valence-corrected chi connectivity index (χ1v) is 6.70. The molecule has 2 aromatic carbocycles. The van der Waals surface area contributed by atoms with Crippen LogP contribution in [0, 0.1) is 0 Å². The highest BCUT2D eigenvalue weighted by Gasteiger charge is 2.18. The molecule has 0 heterocycles. The van der Waals surface area contributed by atoms with Crippen LogP contribution in [0.15, 0.2) is 59.7 Å². The van der Waals surface area contributed by atoms with Gasteiger partial charge in [0.2, 0.25) is 0 Å². The lowest BCUT2D eigenvalue weighted by molar-refractivity contribution is 0.0244. The minimum atomic E-state index is -1.19. The van der Waals surface area contributed by atoms with E-state index >= 15 is 0 Å². The molecule has 0 aromatic heterocycles. The van der Waals surface area contributed by atoms with Crippen molar-refractivity contribution in [3.05, 3.63) is 81.7 Å². The highest BCUT2D eigenvalue weighted by molar-refractivity contribution is 6.08. The maximum absolute atomic E-state index is 12.2. The number of carbonyl (C=O) groups excluding carboxylic acids is 1. The summed E-state index contributed by atoms with van der Waals surface area (Å²) in [5.41, 5.74) is 9.73. The largest absolute Gasteiger partial charge is 0.390 e. The zero-order chi connectivity index (χ0) is 15.9. The van der Waals surface area contributed by atoms with Crippen LogP contribution in [0.4, 0.5) is 0 Å². The van der Waals surface area contributed by atoms with Gasteiger partial charge in [-0.15, -0.1) is 0 Å². The molecule has 0 aliphatic rings. The van der Waals surface area contributed by atoms with Crippen molar-refractivity contribution in [1.29, 1.82) is 0 Å². The standard InChI is InChI=1S/C16H15N3O3/c17-19-18-10-14(20)16(22)13-8-6-12(7-9-13)15(21)11-4-2-1-3-5-11/h1-9,14,16,20,22H,10H2. The zero-order valence-corrected chi connectivity index (χ0v) is 11.7. The Morgan fingerprint density at radius 2 is 1.64 bits per heavy atom. The van der Waals surface area contributed by atoms with Crippen LogP contribution in [0.3, 0.4) is 0 Å². The molecule has 0 amide bonds. The van der Waals surface area contributed by atoms with Crippen molar-refractivity contribution >= 4 is 5.78 Å². The van der Waals surface area contributed by atoms with E-state index in [4.69, 9.17) is 5.53 Å². The van der Waals surface area contributed by atoms with E-state index in [0.717, 1.165) is 0 Å². The van der Waals surface area contributed by atoms with Gasteiger partial charge in [0.15, 0.2) is 5.78 Å². The van der Waals surface area contributed by atoms with Crippen molar-refractivity contribution in [3.8, 4) is 0 Å². The second kappa shape index (κ2) is 7.38. The summed E-state index contributed by atoms with van der Waals surface area (Å²) in [6, 6.07) is 15.2. The molecule has 2 N–H and O–H groups in total. The van der Waals surface area contributed by atoms with E-state index in [1.54, 1.807) is 48.5 Å². The van der Waals surface area contributed by atoms with E-state index in [2.05, 4.69) is 10.0 Å². The van der Waals surface area contributed by atoms with Gasteiger partial charge in [-0.2, -0.15) is 0 Å². The third-order valence-electron chi connectivity index (χ3n) is 3.25. The number of ketones is 1. The molecule has 0 aliphatic carbocycles. The topological polar surface area (TPSA) is 106 Å². The van der Waals surface area contributed by atoms with Gasteiger partial charge in [-0.1, -0.05) is 59.7 Å². The normalized spacial score (nSPS) is 13.0. The molecule has 2 atom stereocenters. The van der Waals surface area contributed by atoms with Crippen molar-refractivity contribution in [1.82, 2.24) is 0 Å². The number of rotatable bonds is 6. The maximum Gasteiger partial charge on any atom is 0.193 e. The first-order chi connectivity index (χ1) is 10.6. The fourth-order valence-electron chi connectivity index (χ4n) is 2.03. The molecule has 0 saturated heterocycles. The van der Waals surface area contributed by atoms with Crippen LogP contribution in [0.2, 0.25) is 0 Å². The summed E-state index contributed by atoms with van der Waals surface area (Å²) in [7, 11) is 0. The molecule has 0 bridgehead atoms. The molecule has 0 aliphatic heterocycles. The SMILES string of the molecule is [N-]=[N+]=NCC(O)C(O)c1ccc(C(=O)c2ccccc2)cc1. The van der Waals surface area contributed by atoms with Gasteiger partial charge in [0.25, 0.3) is 0 Å². The Balaban J connectivity index is 2.13. The average Bonchev–Trinajstić information content (AvgIpc) is 2.59. The summed E-state index contributed by atoms with van der Waals surface area (Å²) in [4.78, 5) is 14.8. The Labute approximate surface area is 127 Å². The summed E-state index contributed by atoms with van der Waals surface area (Å²) in [5.74, 6) is -0.115. The van der Waals surface area contributed by atoms with Gasteiger partial charge in [-0.05, 0) is 11.1 Å². The van der Waals surface area contributed by atoms with E-state index in [1.165, 1.54) is 0 Å². The van der Waals surface area contributed by atoms with Gasteiger partial charge in [0, 0.05) is 16.0 Å². The van der Waals surface area contributed by atoms with Crippen molar-refractivity contribution < 1.29 is 15.0 Å². The lowest BCUT2D eigenvalue weighted by Gasteiger charge is -2.16. The Morgan fingerprint density at radius 3 is 2.23 bits per heavy atom. The van der Waals surface area contributed by atoms with E-state index in [1.807, 2.05) is 6.07 Å². The quantitative estimate of drug-likeness (QED) is 0.370. The van der Waals surface area contributed by atoms with E-state index in [0.29, 0.717) is 16.7 Å². The van der Waals surface area contributed by atoms with Gasteiger partial charge >= 0.3 is 0 Å². The van der Waals surface area contributed by atoms with Crippen LogP contribution in [0.1, 0.15) is 27.6 Å². The van der Waals surface area contributed by atoms with Crippen molar-refractivity contribution in [3.63, 3.8) is 0 Å². The molecule has 0 radical (unpaired) electrons. The van der Waals surface area contributed by atoms with Gasteiger partial charge in [0.1, 0.15) is 6.10 Å². The summed E-state index contributed by atoms with van der Waals surface area (Å²) in [5, 5.41) is 22.8. The highest BCUT2D eigenvalue weighted by Crippen LogP contribution is 2.19. The number of aliphatic hydroxyl groups is 2. The Hall–Kier alpha value is -2.66. The molecule has 6 nitrogen and oxygen atoms in total. The monoisotopic (exact) mass is 297 g/mol. The third-order valence-corrected chi connectivity index (χ3v) is 3.25. The van der Waals surface area contributed by atoms with Gasteiger partial charge in [-0.25, -0.2) is 0 Å². The number of nitrogens with zero attached hydrogens (tertiary/aromatic N) is 3. The van der Waals surface area contributed by atoms with E-state index in [-0.39, 0.29) is 12.3 Å². The first kappa shape index (κ1) is 15.7. The first-order valence-electron chi connectivity index (χ1n) is 6.70. The summed E-state index contributed by atoms with van der Waals surface area (Å²) >= 11 is 0. The summed E-state index contributed by atoms with van der Waals surface area (Å²) < 4.78 is 0. The fourth-order valence-corrected chi connectivity index (χ4v) is 2.03. The molecular formula is C16H15N3O3. The lowest BCUT2D eigenvalue weighted by Crippen LogP contribution is -2.21. The zero-order valence-electron chi connectivity index (χ0n) is 11.7. The van der Waals surface area contributed by atoms with Gasteiger partial charge < -0.3 is 10.2 Å². The van der Waals surface area contributed by atoms with Crippen LogP contribution in [0.5, 0.6) is 0 Å². The van der Waals surface area contributed by atoms with Crippen molar-refractivity contribution in [2.75, 3.05) is 6.54 Å². The van der Waals surface area contributed by atoms with E-state index in [9.17, 15) is 15.0 Å². The number of hydrogen-bond donors (Lipinski definition) is 2. The predicted octanol–water partition coefficient (Wildman–Crippen LogP) is 2.62. The second-order valence-corrected chi connectivity index (χ2v) is 4.74. The Kier molecular flexibility index (Phi) is 5.27. The number of hydrogen-bond acceptors (Lipinski definition) is 4. The predicted molar refractivity (Wildman–Crippen MR) is 81.3 cm³/mol. The van der Waals surface area contributed by atoms with Crippen LogP contribution < -0.4 is 0 Å². The molecular weight excluding hydrogens is 282 g/mol. The van der Waals surface area contributed by atoms with Crippen LogP contribution in [0.25, 0.3) is 10.4 Å². The molecule has 0 saturated carbocycles. The number of benzene rings is 2. The molecule has 2 aromatic rings. The van der Waals surface area contributed by atoms with Crippen LogP contribution in [-0.2, 0) is 0 Å². The highest BCUT2D eigenvalue weighted by atomic mass is 16.3. The summed E-state index contributed by atoms with van der Waals surface area (Å²) in [6.45, 7) is -0.220. The third kappa shape index (κ3) is 3.71. The van der Waals surface area contributed by atoms with Crippen LogP contribution in [-0.4, -0.2) is 28.6 Å².